The standard InChI is InChI=1S/C20H29N3O2/c1-15-2-5-17(6-3-15)20(25)23-12-9-18(10-13-23)22-19(24)7-4-16-8-11-21-14-16/h2-3,5-6,16,18,21H,4,7-14H2,1H3,(H,22,24). The number of piperidine rings is 1. The number of benzene rings is 1. The summed E-state index contributed by atoms with van der Waals surface area (Å²) in [4.78, 5) is 26.5. The summed E-state index contributed by atoms with van der Waals surface area (Å²) in [6.45, 7) is 5.58. The molecular weight excluding hydrogens is 314 g/mol. The maximum atomic E-state index is 12.5. The molecule has 2 fully saturated rings. The Bertz CT molecular complexity index is 585. The van der Waals surface area contributed by atoms with Crippen molar-refractivity contribution in [3.05, 3.63) is 35.4 Å². The largest absolute Gasteiger partial charge is 0.353 e. The van der Waals surface area contributed by atoms with Gasteiger partial charge in [0.15, 0.2) is 0 Å². The van der Waals surface area contributed by atoms with E-state index in [1.165, 1.54) is 6.42 Å². The molecule has 0 radical (unpaired) electrons. The molecule has 5 nitrogen and oxygen atoms in total. The second-order valence-corrected chi connectivity index (χ2v) is 7.40. The Kier molecular flexibility index (Phi) is 6.08. The van der Waals surface area contributed by atoms with Gasteiger partial charge in [0.2, 0.25) is 5.91 Å². The first kappa shape index (κ1) is 17.9. The fourth-order valence-corrected chi connectivity index (χ4v) is 3.70. The fourth-order valence-electron chi connectivity index (χ4n) is 3.70. The molecule has 0 bridgehead atoms. The lowest BCUT2D eigenvalue weighted by molar-refractivity contribution is -0.122. The minimum Gasteiger partial charge on any atom is -0.353 e. The van der Waals surface area contributed by atoms with Gasteiger partial charge in [0.1, 0.15) is 0 Å². The lowest BCUT2D eigenvalue weighted by atomic mass is 10.0. The third-order valence-electron chi connectivity index (χ3n) is 5.39. The summed E-state index contributed by atoms with van der Waals surface area (Å²) >= 11 is 0. The van der Waals surface area contributed by atoms with Crippen LogP contribution in [-0.2, 0) is 4.79 Å². The van der Waals surface area contributed by atoms with Gasteiger partial charge in [-0.25, -0.2) is 0 Å². The van der Waals surface area contributed by atoms with Crippen molar-refractivity contribution < 1.29 is 9.59 Å². The Morgan fingerprint density at radius 1 is 1.16 bits per heavy atom. The molecule has 1 aromatic rings. The molecule has 3 rings (SSSR count). The minimum absolute atomic E-state index is 0.0958. The molecule has 0 spiro atoms. The number of hydrogen-bond acceptors (Lipinski definition) is 3. The molecule has 1 atom stereocenters. The number of nitrogens with zero attached hydrogens (tertiary/aromatic N) is 1. The molecule has 1 unspecified atom stereocenters. The summed E-state index contributed by atoms with van der Waals surface area (Å²) in [6, 6.07) is 7.93. The minimum atomic E-state index is 0.0958. The molecule has 2 amide bonds. The Morgan fingerprint density at radius 2 is 1.88 bits per heavy atom. The van der Waals surface area contributed by atoms with Gasteiger partial charge in [-0.05, 0) is 63.7 Å². The number of amides is 2. The number of hydrogen-bond donors (Lipinski definition) is 2. The van der Waals surface area contributed by atoms with Crippen molar-refractivity contribution in [2.24, 2.45) is 5.92 Å². The third kappa shape index (κ3) is 5.05. The van der Waals surface area contributed by atoms with Gasteiger partial charge < -0.3 is 15.5 Å². The Labute approximate surface area is 150 Å². The highest BCUT2D eigenvalue weighted by molar-refractivity contribution is 5.94. The maximum Gasteiger partial charge on any atom is 0.253 e. The lowest BCUT2D eigenvalue weighted by Gasteiger charge is -2.32. The summed E-state index contributed by atoms with van der Waals surface area (Å²) in [6.07, 6.45) is 4.47. The number of rotatable bonds is 5. The van der Waals surface area contributed by atoms with Crippen LogP contribution in [0.1, 0.15) is 48.0 Å². The average Bonchev–Trinajstić information content (AvgIpc) is 3.14. The SMILES string of the molecule is Cc1ccc(C(=O)N2CCC(NC(=O)CCC3CCNC3)CC2)cc1. The van der Waals surface area contributed by atoms with Crippen LogP contribution >= 0.6 is 0 Å². The predicted octanol–water partition coefficient (Wildman–Crippen LogP) is 2.11. The summed E-state index contributed by atoms with van der Waals surface area (Å²) in [5, 5.41) is 6.49. The first-order valence-corrected chi connectivity index (χ1v) is 9.48. The molecule has 2 saturated heterocycles. The van der Waals surface area contributed by atoms with Crippen molar-refractivity contribution in [1.82, 2.24) is 15.5 Å². The van der Waals surface area contributed by atoms with Crippen LogP contribution in [0.5, 0.6) is 0 Å². The molecule has 1 aromatic carbocycles. The summed E-state index contributed by atoms with van der Waals surface area (Å²) < 4.78 is 0. The normalized spacial score (nSPS) is 21.3. The van der Waals surface area contributed by atoms with Gasteiger partial charge in [-0.2, -0.15) is 0 Å². The maximum absolute atomic E-state index is 12.5. The molecule has 5 heteroatoms. The number of carbonyl (C=O) groups excluding carboxylic acids is 2. The van der Waals surface area contributed by atoms with Crippen LogP contribution in [0, 0.1) is 12.8 Å². The third-order valence-corrected chi connectivity index (χ3v) is 5.39. The second kappa shape index (κ2) is 8.48. The monoisotopic (exact) mass is 343 g/mol. The zero-order valence-corrected chi connectivity index (χ0v) is 15.1. The van der Waals surface area contributed by atoms with E-state index < -0.39 is 0 Å². The molecule has 2 heterocycles. The van der Waals surface area contributed by atoms with Crippen molar-refractivity contribution in [2.75, 3.05) is 26.2 Å². The zero-order chi connectivity index (χ0) is 17.6. The molecule has 0 aliphatic carbocycles. The van der Waals surface area contributed by atoms with E-state index in [9.17, 15) is 9.59 Å². The van der Waals surface area contributed by atoms with Crippen LogP contribution in [0.3, 0.4) is 0 Å². The lowest BCUT2D eigenvalue weighted by Crippen LogP contribution is -2.46. The van der Waals surface area contributed by atoms with E-state index in [0.29, 0.717) is 25.4 Å². The van der Waals surface area contributed by atoms with E-state index in [2.05, 4.69) is 10.6 Å². The van der Waals surface area contributed by atoms with E-state index in [1.807, 2.05) is 36.1 Å². The Hall–Kier alpha value is -1.88. The smallest absolute Gasteiger partial charge is 0.253 e. The molecule has 2 aliphatic rings. The molecule has 2 N–H and O–H groups in total. The Balaban J connectivity index is 1.39. The summed E-state index contributed by atoms with van der Waals surface area (Å²) in [5.41, 5.74) is 1.91. The van der Waals surface area contributed by atoms with Crippen LogP contribution in [0.15, 0.2) is 24.3 Å². The highest BCUT2D eigenvalue weighted by Gasteiger charge is 2.25. The zero-order valence-electron chi connectivity index (χ0n) is 15.1. The van der Waals surface area contributed by atoms with Crippen molar-refractivity contribution in [1.29, 1.82) is 0 Å². The van der Waals surface area contributed by atoms with Crippen LogP contribution in [0.25, 0.3) is 0 Å². The Morgan fingerprint density at radius 3 is 2.52 bits per heavy atom. The molecule has 0 saturated carbocycles. The van der Waals surface area contributed by atoms with E-state index in [0.717, 1.165) is 43.5 Å². The van der Waals surface area contributed by atoms with Gasteiger partial charge in [-0.1, -0.05) is 17.7 Å². The quantitative estimate of drug-likeness (QED) is 0.861. The number of nitrogens with one attached hydrogen (secondary N) is 2. The molecule has 0 aromatic heterocycles. The molecule has 136 valence electrons. The van der Waals surface area contributed by atoms with Gasteiger partial charge in [0, 0.05) is 31.1 Å². The van der Waals surface area contributed by atoms with Crippen molar-refractivity contribution >= 4 is 11.8 Å². The van der Waals surface area contributed by atoms with Gasteiger partial charge >= 0.3 is 0 Å². The van der Waals surface area contributed by atoms with E-state index in [-0.39, 0.29) is 17.9 Å². The van der Waals surface area contributed by atoms with Gasteiger partial charge in [-0.15, -0.1) is 0 Å². The van der Waals surface area contributed by atoms with Crippen molar-refractivity contribution in [3.8, 4) is 0 Å². The van der Waals surface area contributed by atoms with Crippen LogP contribution < -0.4 is 10.6 Å². The highest BCUT2D eigenvalue weighted by atomic mass is 16.2. The van der Waals surface area contributed by atoms with Gasteiger partial charge in [-0.3, -0.25) is 9.59 Å². The number of carbonyl (C=O) groups is 2. The highest BCUT2D eigenvalue weighted by Crippen LogP contribution is 2.17. The van der Waals surface area contributed by atoms with Crippen LogP contribution in [-0.4, -0.2) is 48.9 Å². The van der Waals surface area contributed by atoms with Gasteiger partial charge in [0.05, 0.1) is 0 Å². The first-order chi connectivity index (χ1) is 12.1. The summed E-state index contributed by atoms with van der Waals surface area (Å²) in [7, 11) is 0. The van der Waals surface area contributed by atoms with Crippen LogP contribution in [0.4, 0.5) is 0 Å². The van der Waals surface area contributed by atoms with E-state index in [1.54, 1.807) is 0 Å². The van der Waals surface area contributed by atoms with E-state index >= 15 is 0 Å². The predicted molar refractivity (Wildman–Crippen MR) is 98.5 cm³/mol. The molecule has 25 heavy (non-hydrogen) atoms. The first-order valence-electron chi connectivity index (χ1n) is 9.48. The van der Waals surface area contributed by atoms with Crippen molar-refractivity contribution in [3.63, 3.8) is 0 Å². The van der Waals surface area contributed by atoms with E-state index in [4.69, 9.17) is 0 Å². The molecular formula is C20H29N3O2. The fraction of sp³-hybridized carbons (Fsp3) is 0.600. The number of likely N-dealkylation sites (tertiary alicyclic amines) is 1. The van der Waals surface area contributed by atoms with Crippen LogP contribution in [0.2, 0.25) is 0 Å². The topological polar surface area (TPSA) is 61.4 Å². The second-order valence-electron chi connectivity index (χ2n) is 7.40. The molecule has 2 aliphatic heterocycles. The van der Waals surface area contributed by atoms with Crippen molar-refractivity contribution in [2.45, 2.75) is 45.1 Å². The summed E-state index contributed by atoms with van der Waals surface area (Å²) in [5.74, 6) is 0.911. The number of aryl methyl sites for hydroxylation is 1. The average molecular weight is 343 g/mol. The van der Waals surface area contributed by atoms with Gasteiger partial charge in [0.25, 0.3) is 5.91 Å².